The van der Waals surface area contributed by atoms with Crippen LogP contribution < -0.4 is 10.3 Å². The summed E-state index contributed by atoms with van der Waals surface area (Å²) in [6.45, 7) is 2.66. The van der Waals surface area contributed by atoms with E-state index >= 15 is 0 Å². The molecule has 2 aromatic carbocycles. The van der Waals surface area contributed by atoms with Gasteiger partial charge in [0.1, 0.15) is 0 Å². The maximum absolute atomic E-state index is 13.0. The van der Waals surface area contributed by atoms with Crippen molar-refractivity contribution >= 4 is 9.84 Å². The molecule has 0 amide bonds. The van der Waals surface area contributed by atoms with E-state index in [2.05, 4.69) is 5.10 Å². The molecule has 1 aromatic heterocycles. The average molecular weight is 398 g/mol. The minimum absolute atomic E-state index is 0.179. The molecular weight excluding hydrogens is 376 g/mol. The van der Waals surface area contributed by atoms with E-state index in [9.17, 15) is 13.2 Å². The Labute approximate surface area is 164 Å². The molecule has 0 atom stereocenters. The van der Waals surface area contributed by atoms with Gasteiger partial charge in [-0.05, 0) is 29.7 Å². The van der Waals surface area contributed by atoms with E-state index in [1.807, 2.05) is 37.3 Å². The van der Waals surface area contributed by atoms with Gasteiger partial charge in [0.05, 0.1) is 24.2 Å². The van der Waals surface area contributed by atoms with Crippen LogP contribution in [0.5, 0.6) is 5.75 Å². The Balaban J connectivity index is 2.09. The Hall–Kier alpha value is -2.93. The van der Waals surface area contributed by atoms with Crippen LogP contribution in [0.15, 0.2) is 70.5 Å². The van der Waals surface area contributed by atoms with Gasteiger partial charge in [-0.3, -0.25) is 4.79 Å². The van der Waals surface area contributed by atoms with Gasteiger partial charge < -0.3 is 4.74 Å². The fourth-order valence-electron chi connectivity index (χ4n) is 2.78. The molecule has 0 unspecified atom stereocenters. The number of benzene rings is 2. The van der Waals surface area contributed by atoms with Crippen molar-refractivity contribution in [1.82, 2.24) is 9.78 Å². The summed E-state index contributed by atoms with van der Waals surface area (Å²) in [6.07, 6.45) is 3.44. The van der Waals surface area contributed by atoms with E-state index in [4.69, 9.17) is 4.74 Å². The highest BCUT2D eigenvalue weighted by Crippen LogP contribution is 2.28. The zero-order chi connectivity index (χ0) is 20.1. The summed E-state index contributed by atoms with van der Waals surface area (Å²) in [5, 5.41) is 4.29. The van der Waals surface area contributed by atoms with Crippen LogP contribution in [-0.4, -0.2) is 31.1 Å². The first-order valence-corrected chi connectivity index (χ1v) is 10.9. The summed E-state index contributed by atoms with van der Waals surface area (Å²) in [4.78, 5) is 13.2. The maximum Gasteiger partial charge on any atom is 0.310 e. The van der Waals surface area contributed by atoms with Crippen LogP contribution in [0, 0.1) is 0 Å². The zero-order valence-electron chi connectivity index (χ0n) is 15.8. The third-order valence-corrected chi connectivity index (χ3v) is 5.31. The average Bonchev–Trinajstić information content (AvgIpc) is 2.69. The molecule has 0 aliphatic carbocycles. The van der Waals surface area contributed by atoms with Gasteiger partial charge in [-0.15, -0.1) is 0 Å². The van der Waals surface area contributed by atoms with Gasteiger partial charge in [-0.1, -0.05) is 49.4 Å². The fraction of sp³-hybridized carbons (Fsp3) is 0.238. The predicted molar refractivity (Wildman–Crippen MR) is 108 cm³/mol. The molecule has 7 heteroatoms. The van der Waals surface area contributed by atoms with E-state index in [1.165, 1.54) is 16.8 Å². The second-order valence-corrected chi connectivity index (χ2v) is 8.50. The molecule has 0 saturated carbocycles. The SMILES string of the molecule is CCCOc1c(-c2cccc(S(C)(=O)=O)c2)cnn(Cc2ccccc2)c1=O. The van der Waals surface area contributed by atoms with Crippen molar-refractivity contribution < 1.29 is 13.2 Å². The summed E-state index contributed by atoms with van der Waals surface area (Å²) >= 11 is 0. The van der Waals surface area contributed by atoms with Gasteiger partial charge in [0.25, 0.3) is 0 Å². The molecule has 3 rings (SSSR count). The van der Waals surface area contributed by atoms with Crippen LogP contribution in [0.4, 0.5) is 0 Å². The van der Waals surface area contributed by atoms with Crippen molar-refractivity contribution in [3.05, 3.63) is 76.7 Å². The first-order chi connectivity index (χ1) is 13.4. The Morgan fingerprint density at radius 2 is 1.82 bits per heavy atom. The van der Waals surface area contributed by atoms with E-state index in [0.29, 0.717) is 24.3 Å². The topological polar surface area (TPSA) is 78.3 Å². The third kappa shape index (κ3) is 4.48. The summed E-state index contributed by atoms with van der Waals surface area (Å²) < 4.78 is 30.9. The molecule has 1 heterocycles. The van der Waals surface area contributed by atoms with Crippen molar-refractivity contribution in [1.29, 1.82) is 0 Å². The highest BCUT2D eigenvalue weighted by atomic mass is 32.2. The lowest BCUT2D eigenvalue weighted by Gasteiger charge is -2.13. The van der Waals surface area contributed by atoms with E-state index in [-0.39, 0.29) is 16.2 Å². The Morgan fingerprint density at radius 1 is 1.07 bits per heavy atom. The normalized spacial score (nSPS) is 11.4. The number of hydrogen-bond acceptors (Lipinski definition) is 5. The molecule has 0 spiro atoms. The van der Waals surface area contributed by atoms with Gasteiger partial charge in [0.15, 0.2) is 15.6 Å². The third-order valence-electron chi connectivity index (χ3n) is 4.20. The quantitative estimate of drug-likeness (QED) is 0.611. The monoisotopic (exact) mass is 398 g/mol. The van der Waals surface area contributed by atoms with Crippen LogP contribution >= 0.6 is 0 Å². The van der Waals surface area contributed by atoms with Gasteiger partial charge in [-0.2, -0.15) is 5.10 Å². The summed E-state index contributed by atoms with van der Waals surface area (Å²) in [6, 6.07) is 16.0. The summed E-state index contributed by atoms with van der Waals surface area (Å²) in [5.41, 5.74) is 1.66. The van der Waals surface area contributed by atoms with Crippen molar-refractivity contribution in [3.63, 3.8) is 0 Å². The first-order valence-electron chi connectivity index (χ1n) is 8.97. The van der Waals surface area contributed by atoms with Crippen LogP contribution in [0.2, 0.25) is 0 Å². The Morgan fingerprint density at radius 3 is 2.50 bits per heavy atom. The van der Waals surface area contributed by atoms with Crippen LogP contribution in [0.25, 0.3) is 11.1 Å². The number of rotatable bonds is 7. The minimum atomic E-state index is -3.37. The number of aromatic nitrogens is 2. The molecule has 0 fully saturated rings. The van der Waals surface area contributed by atoms with Crippen molar-refractivity contribution in [2.45, 2.75) is 24.8 Å². The molecule has 0 saturated heterocycles. The largest absolute Gasteiger partial charge is 0.487 e. The van der Waals surface area contributed by atoms with Crippen LogP contribution in [0.1, 0.15) is 18.9 Å². The van der Waals surface area contributed by atoms with Crippen molar-refractivity contribution in [3.8, 4) is 16.9 Å². The van der Waals surface area contributed by atoms with Gasteiger partial charge in [-0.25, -0.2) is 13.1 Å². The van der Waals surface area contributed by atoms with E-state index < -0.39 is 9.84 Å². The van der Waals surface area contributed by atoms with E-state index in [0.717, 1.165) is 18.2 Å². The Kier molecular flexibility index (Phi) is 5.94. The molecule has 6 nitrogen and oxygen atoms in total. The minimum Gasteiger partial charge on any atom is -0.487 e. The zero-order valence-corrected chi connectivity index (χ0v) is 16.6. The molecule has 3 aromatic rings. The number of hydrogen-bond donors (Lipinski definition) is 0. The van der Waals surface area contributed by atoms with Crippen molar-refractivity contribution in [2.24, 2.45) is 0 Å². The predicted octanol–water partition coefficient (Wildman–Crippen LogP) is 3.15. The summed E-state index contributed by atoms with van der Waals surface area (Å²) in [7, 11) is -3.37. The molecule has 0 radical (unpaired) electrons. The Bertz CT molecular complexity index is 1120. The lowest BCUT2D eigenvalue weighted by molar-refractivity contribution is 0.310. The highest BCUT2D eigenvalue weighted by molar-refractivity contribution is 7.90. The molecule has 0 aliphatic heterocycles. The number of nitrogens with zero attached hydrogens (tertiary/aromatic N) is 2. The smallest absolute Gasteiger partial charge is 0.310 e. The number of ether oxygens (including phenoxy) is 1. The highest BCUT2D eigenvalue weighted by Gasteiger charge is 2.17. The molecular formula is C21H22N2O4S. The van der Waals surface area contributed by atoms with Gasteiger partial charge in [0.2, 0.25) is 0 Å². The second kappa shape index (κ2) is 8.39. The first kappa shape index (κ1) is 19.8. The lowest BCUT2D eigenvalue weighted by Crippen LogP contribution is -2.25. The van der Waals surface area contributed by atoms with Gasteiger partial charge >= 0.3 is 5.56 Å². The standard InChI is InChI=1S/C21H22N2O4S/c1-3-12-27-20-19(17-10-7-11-18(13-17)28(2,25)26)14-22-23(21(20)24)15-16-8-5-4-6-9-16/h4-11,13-14H,3,12,15H2,1-2H3. The second-order valence-electron chi connectivity index (χ2n) is 6.48. The lowest BCUT2D eigenvalue weighted by atomic mass is 10.1. The van der Waals surface area contributed by atoms with Crippen LogP contribution in [0.3, 0.4) is 0 Å². The molecule has 0 aliphatic rings. The molecule has 0 bridgehead atoms. The fourth-order valence-corrected chi connectivity index (χ4v) is 3.45. The van der Waals surface area contributed by atoms with Gasteiger partial charge in [0, 0.05) is 11.8 Å². The molecule has 28 heavy (non-hydrogen) atoms. The summed E-state index contributed by atoms with van der Waals surface area (Å²) in [5.74, 6) is 0.179. The number of sulfone groups is 1. The molecule has 146 valence electrons. The van der Waals surface area contributed by atoms with E-state index in [1.54, 1.807) is 18.3 Å². The van der Waals surface area contributed by atoms with Crippen LogP contribution in [-0.2, 0) is 16.4 Å². The maximum atomic E-state index is 13.0. The van der Waals surface area contributed by atoms with Crippen molar-refractivity contribution in [2.75, 3.05) is 12.9 Å². The molecule has 0 N–H and O–H groups in total.